The smallest absolute Gasteiger partial charge is 0.264 e. The van der Waals surface area contributed by atoms with Crippen LogP contribution in [0, 0.1) is 0 Å². The Bertz CT molecular complexity index is 849. The van der Waals surface area contributed by atoms with Gasteiger partial charge in [-0.15, -0.1) is 0 Å². The third-order valence-corrected chi connectivity index (χ3v) is 4.90. The molecule has 2 aromatic rings. The van der Waals surface area contributed by atoms with Crippen LogP contribution in [-0.4, -0.2) is 11.1 Å². The first-order chi connectivity index (χ1) is 11.0. The van der Waals surface area contributed by atoms with Gasteiger partial charge in [-0.25, -0.2) is 4.99 Å². The van der Waals surface area contributed by atoms with Gasteiger partial charge in [0.05, 0.1) is 20.6 Å². The Balaban J connectivity index is 1.88. The minimum Gasteiger partial charge on any atom is -0.300 e. The van der Waals surface area contributed by atoms with E-state index in [4.69, 9.17) is 34.8 Å². The van der Waals surface area contributed by atoms with Crippen LogP contribution in [0.1, 0.15) is 5.56 Å². The summed E-state index contributed by atoms with van der Waals surface area (Å²) >= 11 is 19.2. The number of hydrogen-bond donors (Lipinski definition) is 1. The van der Waals surface area contributed by atoms with E-state index in [-0.39, 0.29) is 5.91 Å². The summed E-state index contributed by atoms with van der Waals surface area (Å²) in [6, 6.07) is 12.4. The summed E-state index contributed by atoms with van der Waals surface area (Å²) in [5.41, 5.74) is 1.35. The molecule has 2 aromatic carbocycles. The normalized spacial score (nSPS) is 17.8. The standard InChI is InChI=1S/C16H9Cl3N2OS/c17-10-4-1-3-9(7-10)8-13-15(22)21-16(23-13)20-12-6-2-5-11(18)14(12)19/h1-8H,(H,20,21,22)/b13-8-. The van der Waals surface area contributed by atoms with Crippen LogP contribution in [0.5, 0.6) is 0 Å². The predicted molar refractivity (Wildman–Crippen MR) is 98.7 cm³/mol. The van der Waals surface area contributed by atoms with E-state index >= 15 is 0 Å². The van der Waals surface area contributed by atoms with Gasteiger partial charge in [-0.3, -0.25) is 4.79 Å². The quantitative estimate of drug-likeness (QED) is 0.692. The van der Waals surface area contributed by atoms with Crippen molar-refractivity contribution in [2.24, 2.45) is 4.99 Å². The largest absolute Gasteiger partial charge is 0.300 e. The van der Waals surface area contributed by atoms with E-state index in [1.807, 2.05) is 12.1 Å². The molecule has 0 saturated carbocycles. The monoisotopic (exact) mass is 382 g/mol. The number of carbonyl (C=O) groups excluding carboxylic acids is 1. The summed E-state index contributed by atoms with van der Waals surface area (Å²) in [5.74, 6) is -0.216. The van der Waals surface area contributed by atoms with Gasteiger partial charge in [-0.1, -0.05) is 53.0 Å². The summed E-state index contributed by atoms with van der Waals surface area (Å²) in [6.07, 6.45) is 1.76. The van der Waals surface area contributed by atoms with Crippen molar-refractivity contribution in [1.29, 1.82) is 0 Å². The molecule has 1 heterocycles. The minimum atomic E-state index is -0.216. The number of halogens is 3. The molecule has 3 nitrogen and oxygen atoms in total. The molecule has 1 saturated heterocycles. The number of aliphatic imine (C=N–C) groups is 1. The van der Waals surface area contributed by atoms with Crippen LogP contribution in [0.2, 0.25) is 15.1 Å². The molecule has 116 valence electrons. The molecule has 3 rings (SSSR count). The summed E-state index contributed by atoms with van der Waals surface area (Å²) in [4.78, 5) is 16.9. The Hall–Kier alpha value is -1.46. The number of hydrogen-bond acceptors (Lipinski definition) is 3. The van der Waals surface area contributed by atoms with E-state index in [0.29, 0.717) is 30.8 Å². The lowest BCUT2D eigenvalue weighted by Gasteiger charge is -2.00. The van der Waals surface area contributed by atoms with Gasteiger partial charge in [-0.2, -0.15) is 0 Å². The maximum atomic E-state index is 12.0. The van der Waals surface area contributed by atoms with Crippen molar-refractivity contribution in [2.45, 2.75) is 0 Å². The Kier molecular flexibility index (Phi) is 4.97. The number of nitrogens with one attached hydrogen (secondary N) is 1. The van der Waals surface area contributed by atoms with Gasteiger partial charge in [0, 0.05) is 5.02 Å². The zero-order chi connectivity index (χ0) is 16.4. The average molecular weight is 384 g/mol. The highest BCUT2D eigenvalue weighted by molar-refractivity contribution is 8.18. The Morgan fingerprint density at radius 2 is 1.87 bits per heavy atom. The third kappa shape index (κ3) is 3.90. The van der Waals surface area contributed by atoms with Crippen LogP contribution in [0.3, 0.4) is 0 Å². The zero-order valence-corrected chi connectivity index (χ0v) is 14.6. The highest BCUT2D eigenvalue weighted by atomic mass is 35.5. The summed E-state index contributed by atoms with van der Waals surface area (Å²) < 4.78 is 0. The number of amides is 1. The Morgan fingerprint density at radius 3 is 2.65 bits per heavy atom. The van der Waals surface area contributed by atoms with Crippen molar-refractivity contribution in [3.05, 3.63) is 68.0 Å². The van der Waals surface area contributed by atoms with E-state index in [1.54, 1.807) is 36.4 Å². The molecular formula is C16H9Cl3N2OS. The van der Waals surface area contributed by atoms with Gasteiger partial charge >= 0.3 is 0 Å². The molecule has 0 bridgehead atoms. The van der Waals surface area contributed by atoms with Crippen molar-refractivity contribution in [1.82, 2.24) is 5.32 Å². The fourth-order valence-corrected chi connectivity index (χ4v) is 3.29. The van der Waals surface area contributed by atoms with Crippen LogP contribution in [0.15, 0.2) is 52.4 Å². The molecule has 1 aliphatic rings. The topological polar surface area (TPSA) is 41.5 Å². The van der Waals surface area contributed by atoms with Crippen LogP contribution in [-0.2, 0) is 4.79 Å². The van der Waals surface area contributed by atoms with Crippen LogP contribution >= 0.6 is 46.6 Å². The first kappa shape index (κ1) is 16.4. The van der Waals surface area contributed by atoms with Gasteiger partial charge < -0.3 is 5.32 Å². The molecule has 1 fully saturated rings. The average Bonchev–Trinajstić information content (AvgIpc) is 2.84. The molecule has 23 heavy (non-hydrogen) atoms. The number of benzene rings is 2. The Morgan fingerprint density at radius 1 is 1.09 bits per heavy atom. The van der Waals surface area contributed by atoms with Crippen molar-refractivity contribution in [2.75, 3.05) is 0 Å². The molecule has 0 aromatic heterocycles. The fourth-order valence-electron chi connectivity index (χ4n) is 1.92. The van der Waals surface area contributed by atoms with E-state index < -0.39 is 0 Å². The van der Waals surface area contributed by atoms with Gasteiger partial charge in [0.1, 0.15) is 0 Å². The first-order valence-electron chi connectivity index (χ1n) is 6.52. The third-order valence-electron chi connectivity index (χ3n) is 2.95. The highest BCUT2D eigenvalue weighted by Gasteiger charge is 2.24. The molecule has 0 aliphatic carbocycles. The van der Waals surface area contributed by atoms with Crippen molar-refractivity contribution in [3.8, 4) is 0 Å². The second kappa shape index (κ2) is 6.97. The second-order valence-corrected chi connectivity index (χ2v) is 6.86. The van der Waals surface area contributed by atoms with E-state index in [1.165, 1.54) is 11.8 Å². The first-order valence-corrected chi connectivity index (χ1v) is 8.47. The molecule has 0 radical (unpaired) electrons. The van der Waals surface area contributed by atoms with Crippen LogP contribution in [0.4, 0.5) is 5.69 Å². The summed E-state index contributed by atoms with van der Waals surface area (Å²) in [5, 5.41) is 4.53. The van der Waals surface area contributed by atoms with Crippen molar-refractivity contribution < 1.29 is 4.79 Å². The zero-order valence-electron chi connectivity index (χ0n) is 11.5. The molecule has 1 amide bonds. The molecular weight excluding hydrogens is 375 g/mol. The van der Waals surface area contributed by atoms with Gasteiger partial charge in [0.2, 0.25) is 0 Å². The van der Waals surface area contributed by atoms with Crippen LogP contribution in [0.25, 0.3) is 6.08 Å². The lowest BCUT2D eigenvalue weighted by molar-refractivity contribution is -0.115. The van der Waals surface area contributed by atoms with Gasteiger partial charge in [0.25, 0.3) is 5.91 Å². The van der Waals surface area contributed by atoms with Gasteiger partial charge in [-0.05, 0) is 47.7 Å². The second-order valence-electron chi connectivity index (χ2n) is 4.61. The van der Waals surface area contributed by atoms with Crippen molar-refractivity contribution >= 4 is 69.4 Å². The SMILES string of the molecule is O=C1NC(=Nc2cccc(Cl)c2Cl)S/C1=C\c1cccc(Cl)c1. The highest BCUT2D eigenvalue weighted by Crippen LogP contribution is 2.34. The predicted octanol–water partition coefficient (Wildman–Crippen LogP) is 5.54. The lowest BCUT2D eigenvalue weighted by Crippen LogP contribution is -2.19. The number of rotatable bonds is 2. The molecule has 0 atom stereocenters. The van der Waals surface area contributed by atoms with E-state index in [2.05, 4.69) is 10.3 Å². The Labute approximate surface area is 152 Å². The molecule has 0 unspecified atom stereocenters. The molecule has 7 heteroatoms. The van der Waals surface area contributed by atoms with E-state index in [0.717, 1.165) is 5.56 Å². The summed E-state index contributed by atoms with van der Waals surface area (Å²) in [7, 11) is 0. The van der Waals surface area contributed by atoms with Gasteiger partial charge in [0.15, 0.2) is 5.17 Å². The van der Waals surface area contributed by atoms with Crippen LogP contribution < -0.4 is 5.32 Å². The number of nitrogens with zero attached hydrogens (tertiary/aromatic N) is 1. The molecule has 1 N–H and O–H groups in total. The minimum absolute atomic E-state index is 0.216. The van der Waals surface area contributed by atoms with E-state index in [9.17, 15) is 4.79 Å². The van der Waals surface area contributed by atoms with Crippen molar-refractivity contribution in [3.63, 3.8) is 0 Å². The molecule has 1 aliphatic heterocycles. The summed E-state index contributed by atoms with van der Waals surface area (Å²) in [6.45, 7) is 0. The number of amidine groups is 1. The lowest BCUT2D eigenvalue weighted by atomic mass is 10.2. The number of carbonyl (C=O) groups is 1. The number of thioether (sulfide) groups is 1. The maximum absolute atomic E-state index is 12.0. The molecule has 0 spiro atoms. The maximum Gasteiger partial charge on any atom is 0.264 e. The fraction of sp³-hybridized carbons (Fsp3) is 0.